The van der Waals surface area contributed by atoms with Gasteiger partial charge >= 0.3 is 18.5 Å². The van der Waals surface area contributed by atoms with Crippen LogP contribution in [0.1, 0.15) is 16.7 Å². The summed E-state index contributed by atoms with van der Waals surface area (Å²) in [7, 11) is 0. The van der Waals surface area contributed by atoms with Crippen LogP contribution >= 0.6 is 0 Å². The first-order valence-corrected chi connectivity index (χ1v) is 22.2. The standard InChI is InChI=1S/C57H33BF9N3/c59-55(60,61)37-24-26-48(43(33-37)36-27-38(56(62,63)64)32-39(28-36)57(65,66)67)70-47-20-10-7-17-42(47)44-29-34(23-25-49(44)70)35-30-52-54-53(31-35)69(41-15-5-2-6-16-41)51-22-12-9-19-46(51)58(54)45-18-8-11-21-50(45)68(52)40-13-3-1-4-14-40/h1-33H. The Morgan fingerprint density at radius 2 is 0.829 bits per heavy atom. The van der Waals surface area contributed by atoms with E-state index in [2.05, 4.69) is 82.6 Å². The Labute approximate surface area is 395 Å². The predicted octanol–water partition coefficient (Wildman–Crippen LogP) is 15.3. The van der Waals surface area contributed by atoms with Gasteiger partial charge in [0.2, 0.25) is 0 Å². The van der Waals surface area contributed by atoms with Crippen molar-refractivity contribution in [1.82, 2.24) is 4.57 Å². The lowest BCUT2D eigenvalue weighted by molar-refractivity contribution is -0.143. The highest BCUT2D eigenvalue weighted by atomic mass is 19.4. The first-order valence-electron chi connectivity index (χ1n) is 22.2. The van der Waals surface area contributed by atoms with Gasteiger partial charge in [-0.3, -0.25) is 0 Å². The molecule has 0 radical (unpaired) electrons. The van der Waals surface area contributed by atoms with Crippen molar-refractivity contribution >= 4 is 79.0 Å². The van der Waals surface area contributed by atoms with Crippen molar-refractivity contribution in [3.05, 3.63) is 217 Å². The Hall–Kier alpha value is -8.19. The Morgan fingerprint density at radius 1 is 0.329 bits per heavy atom. The molecule has 342 valence electrons. The molecule has 3 nitrogen and oxygen atoms in total. The fourth-order valence-corrected chi connectivity index (χ4v) is 10.4. The van der Waals surface area contributed by atoms with E-state index in [1.165, 1.54) is 0 Å². The van der Waals surface area contributed by atoms with Crippen LogP contribution in [0.5, 0.6) is 0 Å². The van der Waals surface area contributed by atoms with Gasteiger partial charge in [-0.1, -0.05) is 97.1 Å². The van der Waals surface area contributed by atoms with Crippen LogP contribution in [0, 0.1) is 0 Å². The summed E-state index contributed by atoms with van der Waals surface area (Å²) in [6.07, 6.45) is -15.4. The van der Waals surface area contributed by atoms with E-state index in [0.717, 1.165) is 73.8 Å². The number of alkyl halides is 9. The van der Waals surface area contributed by atoms with E-state index in [1.54, 1.807) is 28.8 Å². The van der Waals surface area contributed by atoms with Crippen LogP contribution in [0.3, 0.4) is 0 Å². The van der Waals surface area contributed by atoms with E-state index >= 15 is 0 Å². The minimum absolute atomic E-state index is 0.0382. The van der Waals surface area contributed by atoms with Gasteiger partial charge in [0, 0.05) is 50.5 Å². The third kappa shape index (κ3) is 6.93. The average Bonchev–Trinajstić information content (AvgIpc) is 3.69. The van der Waals surface area contributed by atoms with Crippen LogP contribution in [0.4, 0.5) is 73.6 Å². The van der Waals surface area contributed by atoms with Gasteiger partial charge in [-0.05, 0) is 136 Å². The molecular formula is C57H33BF9N3. The number of halogens is 9. The normalized spacial score (nSPS) is 13.4. The van der Waals surface area contributed by atoms with Crippen LogP contribution < -0.4 is 26.2 Å². The fraction of sp³-hybridized carbons (Fsp3) is 0.0526. The summed E-state index contributed by atoms with van der Waals surface area (Å²) in [5.74, 6) is 0. The van der Waals surface area contributed by atoms with Crippen molar-refractivity contribution in [3.63, 3.8) is 0 Å². The minimum atomic E-state index is -5.24. The molecule has 1 aromatic heterocycles. The number of hydrogen-bond acceptors (Lipinski definition) is 2. The topological polar surface area (TPSA) is 11.4 Å². The largest absolute Gasteiger partial charge is 0.416 e. The molecule has 0 unspecified atom stereocenters. The third-order valence-electron chi connectivity index (χ3n) is 13.4. The zero-order valence-corrected chi connectivity index (χ0v) is 36.4. The number of anilines is 6. The molecule has 9 aromatic carbocycles. The SMILES string of the molecule is FC(F)(F)c1cc(-c2cc(C(F)(F)F)ccc2-n2c3ccccc3c3cc(-c4cc5c6c(c4)N(c4ccccc4)c4ccccc4B6c4ccccc4N5c4ccccc4)ccc32)cc(C(F)(F)F)c1. The monoisotopic (exact) mass is 941 g/mol. The molecule has 0 N–H and O–H groups in total. The van der Waals surface area contributed by atoms with Crippen molar-refractivity contribution in [3.8, 4) is 27.9 Å². The van der Waals surface area contributed by atoms with Crippen LogP contribution in [-0.2, 0) is 18.5 Å². The molecule has 13 heteroatoms. The smallest absolute Gasteiger partial charge is 0.311 e. The maximum atomic E-state index is 14.4. The van der Waals surface area contributed by atoms with Gasteiger partial charge < -0.3 is 14.4 Å². The van der Waals surface area contributed by atoms with Gasteiger partial charge in [0.1, 0.15) is 0 Å². The quantitative estimate of drug-likeness (QED) is 0.126. The van der Waals surface area contributed by atoms with Crippen molar-refractivity contribution in [2.75, 3.05) is 9.80 Å². The van der Waals surface area contributed by atoms with Crippen molar-refractivity contribution in [2.24, 2.45) is 0 Å². The Bertz CT molecular complexity index is 3570. The van der Waals surface area contributed by atoms with Crippen LogP contribution in [0.25, 0.3) is 49.7 Å². The lowest BCUT2D eigenvalue weighted by atomic mass is 9.33. The molecule has 0 bridgehead atoms. The van der Waals surface area contributed by atoms with Crippen molar-refractivity contribution < 1.29 is 39.5 Å². The maximum absolute atomic E-state index is 14.4. The maximum Gasteiger partial charge on any atom is 0.416 e. The van der Waals surface area contributed by atoms with Crippen LogP contribution in [0.2, 0.25) is 0 Å². The number of benzene rings is 9. The Balaban J connectivity index is 1.12. The second kappa shape index (κ2) is 15.7. The summed E-state index contributed by atoms with van der Waals surface area (Å²) in [6, 6.07) is 57.5. The average molecular weight is 942 g/mol. The number of fused-ring (bicyclic) bond motifs is 7. The molecule has 0 fully saturated rings. The van der Waals surface area contributed by atoms with E-state index in [9.17, 15) is 39.5 Å². The van der Waals surface area contributed by atoms with Gasteiger partial charge in [-0.15, -0.1) is 0 Å². The Morgan fingerprint density at radius 3 is 1.39 bits per heavy atom. The summed E-state index contributed by atoms with van der Waals surface area (Å²) in [6.45, 7) is -0.131. The van der Waals surface area contributed by atoms with Crippen LogP contribution in [0.15, 0.2) is 200 Å². The summed E-state index contributed by atoms with van der Waals surface area (Å²) >= 11 is 0. The zero-order valence-electron chi connectivity index (χ0n) is 36.4. The summed E-state index contributed by atoms with van der Waals surface area (Å²) in [4.78, 5) is 4.56. The van der Waals surface area contributed by atoms with Gasteiger partial charge in [-0.25, -0.2) is 0 Å². The molecule has 12 rings (SSSR count). The molecule has 0 saturated heterocycles. The molecular weight excluding hydrogens is 908 g/mol. The summed E-state index contributed by atoms with van der Waals surface area (Å²) in [5.41, 5.74) is 6.07. The van der Waals surface area contributed by atoms with Gasteiger partial charge in [0.05, 0.1) is 33.4 Å². The molecule has 2 aliphatic rings. The van der Waals surface area contributed by atoms with E-state index in [-0.39, 0.29) is 18.5 Å². The number of hydrogen-bond donors (Lipinski definition) is 0. The number of rotatable bonds is 5. The first-order chi connectivity index (χ1) is 33.6. The Kier molecular flexibility index (Phi) is 9.66. The van der Waals surface area contributed by atoms with Gasteiger partial charge in [-0.2, -0.15) is 39.5 Å². The highest BCUT2D eigenvalue weighted by molar-refractivity contribution is 7.00. The zero-order chi connectivity index (χ0) is 48.3. The summed E-state index contributed by atoms with van der Waals surface area (Å²) < 4.78 is 130. The van der Waals surface area contributed by atoms with E-state index in [4.69, 9.17) is 0 Å². The van der Waals surface area contributed by atoms with Crippen LogP contribution in [-0.4, -0.2) is 11.3 Å². The van der Waals surface area contributed by atoms with E-state index < -0.39 is 46.3 Å². The molecule has 0 saturated carbocycles. The van der Waals surface area contributed by atoms with Gasteiger partial charge in [0.25, 0.3) is 6.71 Å². The number of aromatic nitrogens is 1. The molecule has 0 spiro atoms. The first kappa shape index (κ1) is 43.1. The molecule has 10 aromatic rings. The minimum Gasteiger partial charge on any atom is -0.311 e. The molecule has 2 aliphatic heterocycles. The molecule has 0 amide bonds. The fourth-order valence-electron chi connectivity index (χ4n) is 10.4. The van der Waals surface area contributed by atoms with Gasteiger partial charge in [0.15, 0.2) is 0 Å². The summed E-state index contributed by atoms with van der Waals surface area (Å²) in [5, 5.41) is 1.31. The predicted molar refractivity (Wildman–Crippen MR) is 261 cm³/mol. The molecule has 3 heterocycles. The number of para-hydroxylation sites is 5. The lowest BCUT2D eigenvalue weighted by Gasteiger charge is -2.44. The second-order valence-electron chi connectivity index (χ2n) is 17.4. The molecule has 70 heavy (non-hydrogen) atoms. The third-order valence-corrected chi connectivity index (χ3v) is 13.4. The van der Waals surface area contributed by atoms with Crippen molar-refractivity contribution in [1.29, 1.82) is 0 Å². The number of nitrogens with zero attached hydrogens (tertiary/aromatic N) is 3. The van der Waals surface area contributed by atoms with E-state index in [1.807, 2.05) is 66.7 Å². The highest BCUT2D eigenvalue weighted by Crippen LogP contribution is 2.48. The second-order valence-corrected chi connectivity index (χ2v) is 17.4. The molecule has 0 atom stereocenters. The lowest BCUT2D eigenvalue weighted by Crippen LogP contribution is -2.61. The van der Waals surface area contributed by atoms with E-state index in [0.29, 0.717) is 40.0 Å². The van der Waals surface area contributed by atoms with Crippen molar-refractivity contribution in [2.45, 2.75) is 18.5 Å². The molecule has 0 aliphatic carbocycles. The highest BCUT2D eigenvalue weighted by Gasteiger charge is 2.44.